The van der Waals surface area contributed by atoms with E-state index in [9.17, 15) is 0 Å². The Balaban J connectivity index is 2.41. The summed E-state index contributed by atoms with van der Waals surface area (Å²) >= 11 is 0. The molecule has 1 atom stereocenters. The van der Waals surface area contributed by atoms with Crippen LogP contribution >= 0.6 is 0 Å². The Morgan fingerprint density at radius 1 is 1.20 bits per heavy atom. The number of hydrogen-bond acceptors (Lipinski definition) is 2. The summed E-state index contributed by atoms with van der Waals surface area (Å²) in [6.45, 7) is 5.41. The Kier molecular flexibility index (Phi) is 8.78. The molecule has 0 saturated heterocycles. The molecule has 0 fully saturated rings. The zero-order valence-electron chi connectivity index (χ0n) is 12.8. The van der Waals surface area contributed by atoms with Crippen molar-refractivity contribution in [3.05, 3.63) is 35.4 Å². The van der Waals surface area contributed by atoms with Gasteiger partial charge < -0.3 is 10.5 Å². The molecule has 1 unspecified atom stereocenters. The average Bonchev–Trinajstić information content (AvgIpc) is 2.48. The smallest absolute Gasteiger partial charge is 0.0732 e. The molecule has 20 heavy (non-hydrogen) atoms. The van der Waals surface area contributed by atoms with E-state index in [4.69, 9.17) is 10.5 Å². The van der Waals surface area contributed by atoms with Crippen LogP contribution < -0.4 is 5.73 Å². The van der Waals surface area contributed by atoms with Gasteiger partial charge in [0.15, 0.2) is 0 Å². The first kappa shape index (κ1) is 16.8. The maximum atomic E-state index is 5.93. The molecule has 0 aliphatic carbocycles. The molecule has 2 N–H and O–H groups in total. The highest BCUT2D eigenvalue weighted by molar-refractivity contribution is 5.41. The number of rotatable bonds is 8. The molecule has 0 radical (unpaired) electrons. The topological polar surface area (TPSA) is 35.2 Å². The molecule has 110 valence electrons. The van der Waals surface area contributed by atoms with Gasteiger partial charge in [-0.3, -0.25) is 0 Å². The summed E-state index contributed by atoms with van der Waals surface area (Å²) in [5.74, 6) is 6.00. The highest BCUT2D eigenvalue weighted by Gasteiger charge is 2.04. The van der Waals surface area contributed by atoms with Crippen LogP contribution in [0.1, 0.15) is 57.1 Å². The van der Waals surface area contributed by atoms with Crippen molar-refractivity contribution in [1.29, 1.82) is 0 Å². The van der Waals surface area contributed by atoms with Gasteiger partial charge in [-0.15, -0.1) is 0 Å². The van der Waals surface area contributed by atoms with E-state index in [1.807, 2.05) is 18.2 Å². The standard InChI is InChI=1S/C18H27NO/c1-3-4-5-6-10-16(2)20-15-18-12-8-7-11-17(18)13-9-14-19/h7-8,11-12,16H,3-6,10,14-15,19H2,1-2H3. The molecule has 1 aromatic carbocycles. The summed E-state index contributed by atoms with van der Waals surface area (Å²) in [4.78, 5) is 0. The Morgan fingerprint density at radius 3 is 2.75 bits per heavy atom. The lowest BCUT2D eigenvalue weighted by Gasteiger charge is -2.13. The molecular weight excluding hydrogens is 246 g/mol. The predicted octanol–water partition coefficient (Wildman–Crippen LogP) is 3.87. The molecule has 2 nitrogen and oxygen atoms in total. The lowest BCUT2D eigenvalue weighted by atomic mass is 10.1. The third-order valence-corrected chi connectivity index (χ3v) is 3.33. The van der Waals surface area contributed by atoms with Gasteiger partial charge >= 0.3 is 0 Å². The quantitative estimate of drug-likeness (QED) is 0.576. The van der Waals surface area contributed by atoms with Gasteiger partial charge in [0.1, 0.15) is 0 Å². The van der Waals surface area contributed by atoms with Crippen LogP contribution in [0.2, 0.25) is 0 Å². The molecule has 0 aliphatic heterocycles. The van der Waals surface area contributed by atoms with Gasteiger partial charge in [-0.1, -0.05) is 62.6 Å². The van der Waals surface area contributed by atoms with E-state index < -0.39 is 0 Å². The van der Waals surface area contributed by atoms with Gasteiger partial charge in [0, 0.05) is 5.56 Å². The van der Waals surface area contributed by atoms with Gasteiger partial charge in [0.2, 0.25) is 0 Å². The number of benzene rings is 1. The van der Waals surface area contributed by atoms with Crippen molar-refractivity contribution >= 4 is 0 Å². The molecule has 1 aromatic rings. The summed E-state index contributed by atoms with van der Waals surface area (Å²) in [5.41, 5.74) is 7.59. The average molecular weight is 273 g/mol. The number of nitrogens with two attached hydrogens (primary N) is 1. The Bertz CT molecular complexity index is 431. The minimum atomic E-state index is 0.308. The van der Waals surface area contributed by atoms with E-state index in [1.165, 1.54) is 25.7 Å². The van der Waals surface area contributed by atoms with Crippen LogP contribution in [0.15, 0.2) is 24.3 Å². The van der Waals surface area contributed by atoms with E-state index in [0.29, 0.717) is 19.3 Å². The predicted molar refractivity (Wildman–Crippen MR) is 85.4 cm³/mol. The van der Waals surface area contributed by atoms with E-state index in [2.05, 4.69) is 31.8 Å². The third kappa shape index (κ3) is 6.75. The largest absolute Gasteiger partial charge is 0.374 e. The van der Waals surface area contributed by atoms with Crippen LogP contribution in [0.25, 0.3) is 0 Å². The van der Waals surface area contributed by atoms with E-state index in [-0.39, 0.29) is 0 Å². The van der Waals surface area contributed by atoms with Gasteiger partial charge in [0.05, 0.1) is 19.3 Å². The van der Waals surface area contributed by atoms with Crippen LogP contribution in [-0.2, 0) is 11.3 Å². The molecule has 0 bridgehead atoms. The second-order valence-electron chi connectivity index (χ2n) is 5.13. The van der Waals surface area contributed by atoms with Crippen LogP contribution in [0.5, 0.6) is 0 Å². The molecule has 0 amide bonds. The van der Waals surface area contributed by atoms with Crippen LogP contribution in [-0.4, -0.2) is 12.6 Å². The van der Waals surface area contributed by atoms with Crippen LogP contribution in [0.4, 0.5) is 0 Å². The van der Waals surface area contributed by atoms with Gasteiger partial charge in [-0.05, 0) is 25.0 Å². The highest BCUT2D eigenvalue weighted by atomic mass is 16.5. The second kappa shape index (κ2) is 10.5. The van der Waals surface area contributed by atoms with Gasteiger partial charge in [-0.2, -0.15) is 0 Å². The van der Waals surface area contributed by atoms with Crippen molar-refractivity contribution in [3.63, 3.8) is 0 Å². The summed E-state index contributed by atoms with van der Waals surface area (Å²) in [7, 11) is 0. The molecule has 0 spiro atoms. The number of hydrogen-bond donors (Lipinski definition) is 1. The minimum Gasteiger partial charge on any atom is -0.374 e. The number of unbranched alkanes of at least 4 members (excludes halogenated alkanes) is 3. The summed E-state index contributed by atoms with van der Waals surface area (Å²) in [5, 5.41) is 0. The highest BCUT2D eigenvalue weighted by Crippen LogP contribution is 2.13. The number of ether oxygens (including phenoxy) is 1. The molecule has 2 heteroatoms. The summed E-state index contributed by atoms with van der Waals surface area (Å²) in [6.07, 6.45) is 6.61. The maximum Gasteiger partial charge on any atom is 0.0732 e. The molecular formula is C18H27NO. The normalized spacial score (nSPS) is 11.8. The summed E-state index contributed by atoms with van der Waals surface area (Å²) in [6, 6.07) is 8.12. The molecule has 0 saturated carbocycles. The fourth-order valence-electron chi connectivity index (χ4n) is 2.09. The third-order valence-electron chi connectivity index (χ3n) is 3.33. The lowest BCUT2D eigenvalue weighted by Crippen LogP contribution is -2.08. The first-order valence-electron chi connectivity index (χ1n) is 7.66. The molecule has 0 aliphatic rings. The van der Waals surface area contributed by atoms with E-state index >= 15 is 0 Å². The first-order chi connectivity index (χ1) is 9.77. The van der Waals surface area contributed by atoms with Crippen molar-refractivity contribution < 1.29 is 4.74 Å². The van der Waals surface area contributed by atoms with Crippen molar-refractivity contribution in [2.45, 2.75) is 58.7 Å². The summed E-state index contributed by atoms with van der Waals surface area (Å²) < 4.78 is 5.93. The SMILES string of the molecule is CCCCCCC(C)OCc1ccccc1C#CCN. The second-order valence-corrected chi connectivity index (χ2v) is 5.13. The Labute approximate surface area is 123 Å². The zero-order valence-corrected chi connectivity index (χ0v) is 12.8. The van der Waals surface area contributed by atoms with E-state index in [0.717, 1.165) is 17.5 Å². The van der Waals surface area contributed by atoms with Gasteiger partial charge in [-0.25, -0.2) is 0 Å². The molecule has 1 rings (SSSR count). The van der Waals surface area contributed by atoms with Gasteiger partial charge in [0.25, 0.3) is 0 Å². The first-order valence-corrected chi connectivity index (χ1v) is 7.66. The van der Waals surface area contributed by atoms with Crippen molar-refractivity contribution in [2.75, 3.05) is 6.54 Å². The monoisotopic (exact) mass is 273 g/mol. The fraction of sp³-hybridized carbons (Fsp3) is 0.556. The van der Waals surface area contributed by atoms with E-state index in [1.54, 1.807) is 0 Å². The van der Waals surface area contributed by atoms with Crippen LogP contribution in [0.3, 0.4) is 0 Å². The fourth-order valence-corrected chi connectivity index (χ4v) is 2.09. The minimum absolute atomic E-state index is 0.308. The van der Waals surface area contributed by atoms with Crippen molar-refractivity contribution in [3.8, 4) is 11.8 Å². The van der Waals surface area contributed by atoms with Crippen LogP contribution in [0, 0.1) is 11.8 Å². The molecule has 0 heterocycles. The van der Waals surface area contributed by atoms with Crippen molar-refractivity contribution in [1.82, 2.24) is 0 Å². The lowest BCUT2D eigenvalue weighted by molar-refractivity contribution is 0.0458. The Morgan fingerprint density at radius 2 is 2.00 bits per heavy atom. The molecule has 0 aromatic heterocycles. The zero-order chi connectivity index (χ0) is 14.6. The Hall–Kier alpha value is -1.30. The maximum absolute atomic E-state index is 5.93. The van der Waals surface area contributed by atoms with Crippen molar-refractivity contribution in [2.24, 2.45) is 5.73 Å².